The van der Waals surface area contributed by atoms with Gasteiger partial charge in [0, 0.05) is 6.61 Å². The van der Waals surface area contributed by atoms with Gasteiger partial charge in [-0.05, 0) is 25.0 Å². The molecule has 0 bridgehead atoms. The zero-order chi connectivity index (χ0) is 13.5. The summed E-state index contributed by atoms with van der Waals surface area (Å²) in [6, 6.07) is 7.32. The first kappa shape index (κ1) is 13.7. The molecule has 1 fully saturated rings. The lowest BCUT2D eigenvalue weighted by Crippen LogP contribution is -2.37. The minimum absolute atomic E-state index is 0.0180. The van der Waals surface area contributed by atoms with Gasteiger partial charge in [0.1, 0.15) is 12.4 Å². The van der Waals surface area contributed by atoms with Crippen molar-refractivity contribution in [2.24, 2.45) is 5.92 Å². The van der Waals surface area contributed by atoms with E-state index in [4.69, 9.17) is 15.2 Å². The van der Waals surface area contributed by atoms with Crippen molar-refractivity contribution >= 4 is 11.6 Å². The van der Waals surface area contributed by atoms with Crippen molar-refractivity contribution in [3.05, 3.63) is 24.3 Å². The summed E-state index contributed by atoms with van der Waals surface area (Å²) in [7, 11) is 0. The number of anilines is 1. The second-order valence-electron chi connectivity index (χ2n) is 4.59. The van der Waals surface area contributed by atoms with Gasteiger partial charge in [0.25, 0.3) is 0 Å². The van der Waals surface area contributed by atoms with Crippen LogP contribution in [0, 0.1) is 5.92 Å². The molecule has 2 rings (SSSR count). The molecule has 1 aliphatic heterocycles. The average molecular weight is 264 g/mol. The molecule has 0 aromatic heterocycles. The Morgan fingerprint density at radius 1 is 1.47 bits per heavy atom. The maximum absolute atomic E-state index is 11.8. The highest BCUT2D eigenvalue weighted by Crippen LogP contribution is 2.19. The maximum atomic E-state index is 11.8. The normalized spacial score (nSPS) is 18.8. The molecule has 1 aromatic carbocycles. The number of nitrogen functional groups attached to an aromatic ring is 1. The number of nitrogens with one attached hydrogen (secondary N) is 1. The van der Waals surface area contributed by atoms with Crippen molar-refractivity contribution in [2.45, 2.75) is 12.8 Å². The molecular formula is C14H20N2O3. The van der Waals surface area contributed by atoms with E-state index in [-0.39, 0.29) is 11.8 Å². The number of carbonyl (C=O) groups excluding carboxylic acids is 1. The Hall–Kier alpha value is -1.75. The van der Waals surface area contributed by atoms with Crippen molar-refractivity contribution in [1.82, 2.24) is 5.32 Å². The predicted octanol–water partition coefficient (Wildman–Crippen LogP) is 1.19. The first-order valence-electron chi connectivity index (χ1n) is 6.60. The monoisotopic (exact) mass is 264 g/mol. The summed E-state index contributed by atoms with van der Waals surface area (Å²) in [4.78, 5) is 11.8. The highest BCUT2D eigenvalue weighted by molar-refractivity contribution is 5.78. The molecule has 0 aliphatic carbocycles. The lowest BCUT2D eigenvalue weighted by atomic mass is 10.0. The summed E-state index contributed by atoms with van der Waals surface area (Å²) in [5.41, 5.74) is 6.36. The van der Waals surface area contributed by atoms with E-state index in [0.29, 0.717) is 31.2 Å². The van der Waals surface area contributed by atoms with Gasteiger partial charge in [-0.15, -0.1) is 0 Å². The van der Waals surface area contributed by atoms with E-state index in [1.807, 2.05) is 18.2 Å². The van der Waals surface area contributed by atoms with Gasteiger partial charge in [-0.1, -0.05) is 12.1 Å². The number of carbonyl (C=O) groups is 1. The highest BCUT2D eigenvalue weighted by atomic mass is 16.5. The molecule has 1 atom stereocenters. The third kappa shape index (κ3) is 4.13. The molecule has 19 heavy (non-hydrogen) atoms. The van der Waals surface area contributed by atoms with E-state index in [9.17, 15) is 4.79 Å². The van der Waals surface area contributed by atoms with E-state index in [1.165, 1.54) is 0 Å². The van der Waals surface area contributed by atoms with E-state index >= 15 is 0 Å². The molecule has 3 N–H and O–H groups in total. The molecule has 1 aliphatic rings. The fraction of sp³-hybridized carbons (Fsp3) is 0.500. The molecule has 5 nitrogen and oxygen atoms in total. The maximum Gasteiger partial charge on any atom is 0.225 e. The van der Waals surface area contributed by atoms with Crippen LogP contribution in [0.15, 0.2) is 24.3 Å². The zero-order valence-corrected chi connectivity index (χ0v) is 10.9. The van der Waals surface area contributed by atoms with Gasteiger partial charge in [-0.2, -0.15) is 0 Å². The van der Waals surface area contributed by atoms with Crippen LogP contribution in [0.2, 0.25) is 0 Å². The van der Waals surface area contributed by atoms with Gasteiger partial charge < -0.3 is 20.5 Å². The Morgan fingerprint density at radius 3 is 3.05 bits per heavy atom. The summed E-state index contributed by atoms with van der Waals surface area (Å²) in [6.45, 7) is 2.18. The van der Waals surface area contributed by atoms with Crippen molar-refractivity contribution in [3.63, 3.8) is 0 Å². The van der Waals surface area contributed by atoms with Crippen LogP contribution in [0.4, 0.5) is 5.69 Å². The average Bonchev–Trinajstić information content (AvgIpc) is 2.46. The van der Waals surface area contributed by atoms with Gasteiger partial charge in [-0.25, -0.2) is 0 Å². The van der Waals surface area contributed by atoms with Crippen LogP contribution in [-0.2, 0) is 9.53 Å². The van der Waals surface area contributed by atoms with Crippen LogP contribution in [0.25, 0.3) is 0 Å². The highest BCUT2D eigenvalue weighted by Gasteiger charge is 2.21. The third-order valence-electron chi connectivity index (χ3n) is 3.11. The molecule has 1 aromatic rings. The summed E-state index contributed by atoms with van der Waals surface area (Å²) in [5, 5.41) is 2.86. The molecule has 104 valence electrons. The SMILES string of the molecule is Nc1ccccc1OCCNC(=O)C1CCCOC1. The second kappa shape index (κ2) is 6.99. The van der Waals surface area contributed by atoms with Crippen molar-refractivity contribution in [1.29, 1.82) is 0 Å². The fourth-order valence-electron chi connectivity index (χ4n) is 2.04. The largest absolute Gasteiger partial charge is 0.490 e. The lowest BCUT2D eigenvalue weighted by Gasteiger charge is -2.21. The number of benzene rings is 1. The number of rotatable bonds is 5. The van der Waals surface area contributed by atoms with E-state index < -0.39 is 0 Å². The van der Waals surface area contributed by atoms with Gasteiger partial charge in [0.2, 0.25) is 5.91 Å². The standard InChI is InChI=1S/C14H20N2O3/c15-12-5-1-2-6-13(12)19-9-7-16-14(17)11-4-3-8-18-10-11/h1-2,5-6,11H,3-4,7-10,15H2,(H,16,17). The van der Waals surface area contributed by atoms with E-state index in [2.05, 4.69) is 5.32 Å². The predicted molar refractivity (Wildman–Crippen MR) is 72.9 cm³/mol. The van der Waals surface area contributed by atoms with E-state index in [1.54, 1.807) is 6.07 Å². The molecule has 0 saturated carbocycles. The molecular weight excluding hydrogens is 244 g/mol. The summed E-state index contributed by atoms with van der Waals surface area (Å²) in [5.74, 6) is 0.678. The minimum Gasteiger partial charge on any atom is -0.490 e. The van der Waals surface area contributed by atoms with Crippen LogP contribution < -0.4 is 15.8 Å². The number of hydrogen-bond acceptors (Lipinski definition) is 4. The van der Waals surface area contributed by atoms with Crippen LogP contribution in [0.1, 0.15) is 12.8 Å². The quantitative estimate of drug-likeness (QED) is 0.619. The van der Waals surface area contributed by atoms with Crippen LogP contribution in [0.5, 0.6) is 5.75 Å². The smallest absolute Gasteiger partial charge is 0.225 e. The molecule has 1 unspecified atom stereocenters. The number of ether oxygens (including phenoxy) is 2. The van der Waals surface area contributed by atoms with Crippen LogP contribution >= 0.6 is 0 Å². The molecule has 0 radical (unpaired) electrons. The van der Waals surface area contributed by atoms with Crippen molar-refractivity contribution in [2.75, 3.05) is 32.1 Å². The first-order valence-corrected chi connectivity index (χ1v) is 6.60. The Bertz CT molecular complexity index is 417. The Morgan fingerprint density at radius 2 is 2.32 bits per heavy atom. The molecule has 1 heterocycles. The third-order valence-corrected chi connectivity index (χ3v) is 3.11. The molecule has 1 saturated heterocycles. The van der Waals surface area contributed by atoms with Crippen LogP contribution in [-0.4, -0.2) is 32.3 Å². The summed E-state index contributed by atoms with van der Waals surface area (Å²) >= 11 is 0. The van der Waals surface area contributed by atoms with Gasteiger partial charge in [0.15, 0.2) is 0 Å². The fourth-order valence-corrected chi connectivity index (χ4v) is 2.04. The Balaban J connectivity index is 1.66. The Labute approximate surface area is 113 Å². The van der Waals surface area contributed by atoms with Crippen molar-refractivity contribution in [3.8, 4) is 5.75 Å². The summed E-state index contributed by atoms with van der Waals surface area (Å²) < 4.78 is 10.8. The second-order valence-corrected chi connectivity index (χ2v) is 4.59. The number of para-hydroxylation sites is 2. The zero-order valence-electron chi connectivity index (χ0n) is 10.9. The molecule has 5 heteroatoms. The van der Waals surface area contributed by atoms with E-state index in [0.717, 1.165) is 19.4 Å². The van der Waals surface area contributed by atoms with Crippen LogP contribution in [0.3, 0.4) is 0 Å². The number of amides is 1. The number of nitrogens with two attached hydrogens (primary N) is 1. The van der Waals surface area contributed by atoms with Crippen molar-refractivity contribution < 1.29 is 14.3 Å². The topological polar surface area (TPSA) is 73.6 Å². The van der Waals surface area contributed by atoms with Gasteiger partial charge in [0.05, 0.1) is 24.8 Å². The molecule has 1 amide bonds. The van der Waals surface area contributed by atoms with Gasteiger partial charge in [-0.3, -0.25) is 4.79 Å². The van der Waals surface area contributed by atoms with Gasteiger partial charge >= 0.3 is 0 Å². The Kier molecular flexibility index (Phi) is 5.03. The first-order chi connectivity index (χ1) is 9.27. The lowest BCUT2D eigenvalue weighted by molar-refractivity contribution is -0.129. The molecule has 0 spiro atoms. The minimum atomic E-state index is -0.0180. The number of hydrogen-bond donors (Lipinski definition) is 2. The summed E-state index contributed by atoms with van der Waals surface area (Å²) in [6.07, 6.45) is 1.85.